The molecule has 2 amide bonds. The summed E-state index contributed by atoms with van der Waals surface area (Å²) in [6.45, 7) is 0.732. The predicted octanol–water partition coefficient (Wildman–Crippen LogP) is 4.52. The van der Waals surface area contributed by atoms with Crippen LogP contribution in [0, 0.1) is 5.82 Å². The van der Waals surface area contributed by atoms with Crippen LogP contribution in [0.5, 0.6) is 0 Å². The fraction of sp³-hybridized carbons (Fsp3) is 0.333. The fourth-order valence-corrected chi connectivity index (χ4v) is 3.70. The second-order valence-electron chi connectivity index (χ2n) is 6.95. The molecule has 0 unspecified atom stereocenters. The Morgan fingerprint density at radius 3 is 2.23 bits per heavy atom. The molecule has 160 valence electrons. The van der Waals surface area contributed by atoms with Gasteiger partial charge in [0.25, 0.3) is 5.91 Å². The molecular weight excluding hydrogens is 468 g/mol. The molecule has 30 heavy (non-hydrogen) atoms. The van der Waals surface area contributed by atoms with Gasteiger partial charge in [0, 0.05) is 37.1 Å². The first-order valence-electron chi connectivity index (χ1n) is 9.34. The van der Waals surface area contributed by atoms with Crippen molar-refractivity contribution in [3.63, 3.8) is 0 Å². The Morgan fingerprint density at radius 1 is 0.967 bits per heavy atom. The molecule has 0 spiro atoms. The molecule has 1 heterocycles. The molecule has 2 aromatic rings. The number of hydrogen-bond donors (Lipinski definition) is 0. The van der Waals surface area contributed by atoms with Gasteiger partial charge in [0.2, 0.25) is 5.91 Å². The molecule has 1 aliphatic heterocycles. The molecule has 0 bridgehead atoms. The smallest absolute Gasteiger partial charge is 0.339 e. The van der Waals surface area contributed by atoms with Gasteiger partial charge in [-0.25, -0.2) is 4.39 Å². The molecule has 1 saturated heterocycles. The topological polar surface area (TPSA) is 40.6 Å². The highest BCUT2D eigenvalue weighted by Crippen LogP contribution is 2.32. The van der Waals surface area contributed by atoms with E-state index in [0.29, 0.717) is 10.0 Å². The van der Waals surface area contributed by atoms with Crippen molar-refractivity contribution in [3.8, 4) is 0 Å². The molecule has 0 aliphatic carbocycles. The molecule has 1 aliphatic rings. The quantitative estimate of drug-likeness (QED) is 0.596. The summed E-state index contributed by atoms with van der Waals surface area (Å²) in [5, 5.41) is 0. The number of amides is 2. The number of alkyl halides is 3. The van der Waals surface area contributed by atoms with E-state index in [1.165, 1.54) is 23.1 Å². The molecule has 0 atom stereocenters. The van der Waals surface area contributed by atoms with E-state index in [1.807, 2.05) is 0 Å². The number of nitrogens with zero attached hydrogens (tertiary/aromatic N) is 2. The van der Waals surface area contributed by atoms with Crippen molar-refractivity contribution < 1.29 is 27.2 Å². The summed E-state index contributed by atoms with van der Waals surface area (Å²) < 4.78 is 54.0. The van der Waals surface area contributed by atoms with E-state index in [2.05, 4.69) is 15.9 Å². The van der Waals surface area contributed by atoms with E-state index in [4.69, 9.17) is 0 Å². The van der Waals surface area contributed by atoms with E-state index < -0.39 is 29.0 Å². The monoisotopic (exact) mass is 486 g/mol. The normalized spacial score (nSPS) is 14.7. The number of piperazine rings is 1. The van der Waals surface area contributed by atoms with Gasteiger partial charge in [0.1, 0.15) is 5.82 Å². The van der Waals surface area contributed by atoms with Crippen molar-refractivity contribution in [2.45, 2.75) is 19.0 Å². The molecule has 0 saturated carbocycles. The van der Waals surface area contributed by atoms with Crippen molar-refractivity contribution in [1.82, 2.24) is 9.80 Å². The Hall–Kier alpha value is -2.42. The van der Waals surface area contributed by atoms with Gasteiger partial charge in [0.05, 0.1) is 11.1 Å². The number of carbonyl (C=O) groups is 2. The lowest BCUT2D eigenvalue weighted by Gasteiger charge is -2.35. The highest BCUT2D eigenvalue weighted by Gasteiger charge is 2.36. The molecule has 0 aromatic heterocycles. The third kappa shape index (κ3) is 5.19. The highest BCUT2D eigenvalue weighted by atomic mass is 79.9. The van der Waals surface area contributed by atoms with Crippen LogP contribution in [0.1, 0.15) is 27.9 Å². The molecule has 4 nitrogen and oxygen atoms in total. The van der Waals surface area contributed by atoms with Crippen LogP contribution in [-0.2, 0) is 17.4 Å². The maximum absolute atomic E-state index is 13.9. The first kappa shape index (κ1) is 22.3. The third-order valence-corrected chi connectivity index (χ3v) is 5.50. The second kappa shape index (κ2) is 9.16. The standard InChI is InChI=1S/C21H19BrF4N2O2/c22-15-7-5-14(18(23)13-15)6-8-19(29)27-9-11-28(12-10-27)20(30)16-3-1-2-4-17(16)21(24,25)26/h1-5,7,13H,6,8-12H2. The molecule has 1 fully saturated rings. The Labute approximate surface area is 179 Å². The minimum absolute atomic E-state index is 0.114. The van der Waals surface area contributed by atoms with Crippen LogP contribution in [0.25, 0.3) is 0 Å². The summed E-state index contributed by atoms with van der Waals surface area (Å²) in [7, 11) is 0. The van der Waals surface area contributed by atoms with Gasteiger partial charge >= 0.3 is 6.18 Å². The minimum Gasteiger partial charge on any atom is -0.339 e. The number of rotatable bonds is 4. The molecular formula is C21H19BrF4N2O2. The van der Waals surface area contributed by atoms with E-state index in [-0.39, 0.29) is 44.9 Å². The fourth-order valence-electron chi connectivity index (χ4n) is 3.37. The minimum atomic E-state index is -4.62. The number of hydrogen-bond acceptors (Lipinski definition) is 2. The van der Waals surface area contributed by atoms with Crippen LogP contribution in [-0.4, -0.2) is 47.8 Å². The SMILES string of the molecule is O=C(CCc1ccc(Br)cc1F)N1CCN(C(=O)c2ccccc2C(F)(F)F)CC1. The molecule has 3 rings (SSSR count). The zero-order chi connectivity index (χ0) is 21.9. The van der Waals surface area contributed by atoms with Crippen molar-refractivity contribution in [3.05, 3.63) is 69.4 Å². The van der Waals surface area contributed by atoms with Gasteiger partial charge in [-0.2, -0.15) is 13.2 Å². The van der Waals surface area contributed by atoms with Crippen molar-refractivity contribution in [1.29, 1.82) is 0 Å². The summed E-state index contributed by atoms with van der Waals surface area (Å²) in [5.74, 6) is -1.28. The van der Waals surface area contributed by atoms with E-state index in [9.17, 15) is 27.2 Å². The Kier molecular flexibility index (Phi) is 6.80. The Balaban J connectivity index is 1.57. The first-order valence-corrected chi connectivity index (χ1v) is 10.1. The van der Waals surface area contributed by atoms with Crippen molar-refractivity contribution in [2.24, 2.45) is 0 Å². The van der Waals surface area contributed by atoms with Crippen molar-refractivity contribution >= 4 is 27.7 Å². The van der Waals surface area contributed by atoms with Crippen LogP contribution in [0.4, 0.5) is 17.6 Å². The molecule has 2 aromatic carbocycles. The number of aryl methyl sites for hydroxylation is 1. The van der Waals surface area contributed by atoms with Crippen LogP contribution in [0.2, 0.25) is 0 Å². The maximum atomic E-state index is 13.9. The average molecular weight is 487 g/mol. The third-order valence-electron chi connectivity index (χ3n) is 5.01. The number of carbonyl (C=O) groups excluding carboxylic acids is 2. The van der Waals surface area contributed by atoms with Crippen LogP contribution in [0.3, 0.4) is 0 Å². The van der Waals surface area contributed by atoms with Crippen LogP contribution in [0.15, 0.2) is 46.9 Å². The lowest BCUT2D eigenvalue weighted by molar-refractivity contribution is -0.138. The Bertz CT molecular complexity index is 941. The largest absolute Gasteiger partial charge is 0.417 e. The zero-order valence-electron chi connectivity index (χ0n) is 15.9. The summed E-state index contributed by atoms with van der Waals surface area (Å²) in [5.41, 5.74) is -0.926. The Morgan fingerprint density at radius 2 is 1.60 bits per heavy atom. The second-order valence-corrected chi connectivity index (χ2v) is 7.87. The summed E-state index contributed by atoms with van der Waals surface area (Å²) in [4.78, 5) is 27.9. The van der Waals surface area contributed by atoms with E-state index in [0.717, 1.165) is 12.1 Å². The van der Waals surface area contributed by atoms with Crippen LogP contribution >= 0.6 is 15.9 Å². The molecule has 9 heteroatoms. The van der Waals surface area contributed by atoms with Gasteiger partial charge in [-0.15, -0.1) is 0 Å². The predicted molar refractivity (Wildman–Crippen MR) is 106 cm³/mol. The first-order chi connectivity index (χ1) is 14.2. The van der Waals surface area contributed by atoms with Gasteiger partial charge < -0.3 is 9.80 Å². The molecule has 0 radical (unpaired) electrons. The number of benzene rings is 2. The summed E-state index contributed by atoms with van der Waals surface area (Å²) >= 11 is 3.18. The number of halogens is 5. The van der Waals surface area contributed by atoms with Crippen LogP contribution < -0.4 is 0 Å². The lowest BCUT2D eigenvalue weighted by Crippen LogP contribution is -2.50. The average Bonchev–Trinajstić information content (AvgIpc) is 2.72. The van der Waals surface area contributed by atoms with Gasteiger partial charge in [-0.05, 0) is 36.2 Å². The summed E-state index contributed by atoms with van der Waals surface area (Å²) in [6, 6.07) is 9.33. The van der Waals surface area contributed by atoms with E-state index in [1.54, 1.807) is 17.0 Å². The van der Waals surface area contributed by atoms with Gasteiger partial charge in [-0.1, -0.05) is 34.1 Å². The lowest BCUT2D eigenvalue weighted by atomic mass is 10.1. The van der Waals surface area contributed by atoms with Gasteiger partial charge in [0.15, 0.2) is 0 Å². The van der Waals surface area contributed by atoms with Gasteiger partial charge in [-0.3, -0.25) is 9.59 Å². The molecule has 0 N–H and O–H groups in total. The maximum Gasteiger partial charge on any atom is 0.417 e. The zero-order valence-corrected chi connectivity index (χ0v) is 17.5. The van der Waals surface area contributed by atoms with Crippen molar-refractivity contribution in [2.75, 3.05) is 26.2 Å². The summed E-state index contributed by atoms with van der Waals surface area (Å²) in [6.07, 6.45) is -4.26. The van der Waals surface area contributed by atoms with E-state index >= 15 is 0 Å². The highest BCUT2D eigenvalue weighted by molar-refractivity contribution is 9.10.